The summed E-state index contributed by atoms with van der Waals surface area (Å²) >= 11 is 6.25. The Morgan fingerprint density at radius 1 is 1.07 bits per heavy atom. The van der Waals surface area contributed by atoms with E-state index in [1.807, 2.05) is 13.0 Å². The van der Waals surface area contributed by atoms with Crippen LogP contribution in [0.3, 0.4) is 0 Å². The zero-order valence-electron chi connectivity index (χ0n) is 16.5. The summed E-state index contributed by atoms with van der Waals surface area (Å²) in [6.45, 7) is 3.00. The fourth-order valence-corrected chi connectivity index (χ4v) is 3.78. The fraction of sp³-hybridized carbons (Fsp3) is 0.273. The predicted octanol–water partition coefficient (Wildman–Crippen LogP) is 2.64. The van der Waals surface area contributed by atoms with Gasteiger partial charge in [0.2, 0.25) is 5.69 Å². The van der Waals surface area contributed by atoms with Crippen molar-refractivity contribution in [3.8, 4) is 5.69 Å². The standard InChI is InChI=1S/C22H21ClN4O3/c1-15-7-6-9-17(13-15)27-22(30)26(14-16-8-2-3-10-18(16)23)21(29)19(24-27)20(28)25-11-4-5-12-25/h2-3,6-10,13H,4-5,11-12,14H2,1H3. The first-order valence-electron chi connectivity index (χ1n) is 9.79. The van der Waals surface area contributed by atoms with E-state index in [4.69, 9.17) is 11.6 Å². The van der Waals surface area contributed by atoms with E-state index in [1.54, 1.807) is 47.4 Å². The van der Waals surface area contributed by atoms with Crippen molar-refractivity contribution in [3.05, 3.63) is 91.2 Å². The third-order valence-corrected chi connectivity index (χ3v) is 5.56. The highest BCUT2D eigenvalue weighted by atomic mass is 35.5. The Kier molecular flexibility index (Phi) is 5.55. The van der Waals surface area contributed by atoms with Crippen LogP contribution in [0.4, 0.5) is 0 Å². The molecule has 0 spiro atoms. The summed E-state index contributed by atoms with van der Waals surface area (Å²) < 4.78 is 2.15. The molecular formula is C22H21ClN4O3. The third-order valence-electron chi connectivity index (χ3n) is 5.19. The van der Waals surface area contributed by atoms with E-state index in [0.717, 1.165) is 27.7 Å². The third kappa shape index (κ3) is 3.80. The van der Waals surface area contributed by atoms with E-state index in [0.29, 0.717) is 29.4 Å². The van der Waals surface area contributed by atoms with Crippen LogP contribution in [0, 0.1) is 6.92 Å². The van der Waals surface area contributed by atoms with Crippen molar-refractivity contribution in [2.24, 2.45) is 0 Å². The number of aryl methyl sites for hydroxylation is 1. The van der Waals surface area contributed by atoms with E-state index in [1.165, 1.54) is 0 Å². The van der Waals surface area contributed by atoms with Crippen molar-refractivity contribution in [3.63, 3.8) is 0 Å². The highest BCUT2D eigenvalue weighted by molar-refractivity contribution is 6.31. The van der Waals surface area contributed by atoms with Crippen LogP contribution < -0.4 is 11.2 Å². The predicted molar refractivity (Wildman–Crippen MR) is 115 cm³/mol. The van der Waals surface area contributed by atoms with Crippen molar-refractivity contribution in [2.45, 2.75) is 26.3 Å². The molecule has 4 rings (SSSR count). The molecule has 0 atom stereocenters. The van der Waals surface area contributed by atoms with Crippen molar-refractivity contribution in [1.82, 2.24) is 19.2 Å². The molecule has 8 heteroatoms. The zero-order chi connectivity index (χ0) is 21.3. The molecule has 3 aromatic rings. The summed E-state index contributed by atoms with van der Waals surface area (Å²) in [7, 11) is 0. The summed E-state index contributed by atoms with van der Waals surface area (Å²) in [5, 5.41) is 4.64. The number of hydrogen-bond donors (Lipinski definition) is 0. The SMILES string of the molecule is Cc1cccc(-n2nc(C(=O)N3CCCC3)c(=O)n(Cc3ccccc3Cl)c2=O)c1. The lowest BCUT2D eigenvalue weighted by Crippen LogP contribution is -2.46. The molecule has 0 bridgehead atoms. The zero-order valence-corrected chi connectivity index (χ0v) is 17.3. The van der Waals surface area contributed by atoms with Crippen LogP contribution in [0.5, 0.6) is 0 Å². The number of carbonyl (C=O) groups is 1. The Morgan fingerprint density at radius 3 is 2.50 bits per heavy atom. The fourth-order valence-electron chi connectivity index (χ4n) is 3.58. The summed E-state index contributed by atoms with van der Waals surface area (Å²) in [5.41, 5.74) is 0.440. The Labute approximate surface area is 178 Å². The number of hydrogen-bond acceptors (Lipinski definition) is 4. The van der Waals surface area contributed by atoms with Gasteiger partial charge in [0.05, 0.1) is 12.2 Å². The molecule has 1 aliphatic rings. The van der Waals surface area contributed by atoms with Crippen molar-refractivity contribution in [1.29, 1.82) is 0 Å². The van der Waals surface area contributed by atoms with Crippen LogP contribution in [0.15, 0.2) is 58.1 Å². The van der Waals surface area contributed by atoms with Crippen LogP contribution in [0.1, 0.15) is 34.5 Å². The van der Waals surface area contributed by atoms with Gasteiger partial charge in [-0.1, -0.05) is 41.9 Å². The molecule has 0 aliphatic carbocycles. The molecule has 0 N–H and O–H groups in total. The number of rotatable bonds is 4. The van der Waals surface area contributed by atoms with Crippen LogP contribution >= 0.6 is 11.6 Å². The smallest absolute Gasteiger partial charge is 0.337 e. The highest BCUT2D eigenvalue weighted by Crippen LogP contribution is 2.16. The molecule has 0 radical (unpaired) electrons. The quantitative estimate of drug-likeness (QED) is 0.645. The van der Waals surface area contributed by atoms with E-state index in [9.17, 15) is 14.4 Å². The molecule has 0 saturated carbocycles. The Balaban J connectivity index is 1.91. The maximum atomic E-state index is 13.2. The van der Waals surface area contributed by atoms with Gasteiger partial charge in [-0.2, -0.15) is 9.78 Å². The number of nitrogens with zero attached hydrogens (tertiary/aromatic N) is 4. The van der Waals surface area contributed by atoms with E-state index >= 15 is 0 Å². The molecule has 1 aliphatic heterocycles. The minimum absolute atomic E-state index is 0.0496. The molecule has 154 valence electrons. The summed E-state index contributed by atoms with van der Waals surface area (Å²) in [6.07, 6.45) is 1.77. The number of halogens is 1. The molecule has 30 heavy (non-hydrogen) atoms. The summed E-state index contributed by atoms with van der Waals surface area (Å²) in [5.74, 6) is -0.452. The average Bonchev–Trinajstić information content (AvgIpc) is 3.27. The number of aromatic nitrogens is 3. The molecule has 1 amide bonds. The number of amides is 1. The van der Waals surface area contributed by atoms with E-state index in [2.05, 4.69) is 5.10 Å². The van der Waals surface area contributed by atoms with Gasteiger partial charge >= 0.3 is 5.69 Å². The van der Waals surface area contributed by atoms with Crippen molar-refractivity contribution in [2.75, 3.05) is 13.1 Å². The molecule has 1 aromatic heterocycles. The number of benzene rings is 2. The minimum atomic E-state index is -0.708. The molecule has 7 nitrogen and oxygen atoms in total. The van der Waals surface area contributed by atoms with Gasteiger partial charge in [0, 0.05) is 18.1 Å². The Hall–Kier alpha value is -3.19. The van der Waals surface area contributed by atoms with Gasteiger partial charge in [0.1, 0.15) is 0 Å². The molecule has 2 aromatic carbocycles. The minimum Gasteiger partial charge on any atom is -0.337 e. The van der Waals surface area contributed by atoms with Crippen LogP contribution in [-0.2, 0) is 6.54 Å². The van der Waals surface area contributed by atoms with Crippen LogP contribution in [0.25, 0.3) is 5.69 Å². The lowest BCUT2D eigenvalue weighted by atomic mass is 10.2. The van der Waals surface area contributed by atoms with Gasteiger partial charge in [-0.25, -0.2) is 4.79 Å². The van der Waals surface area contributed by atoms with Gasteiger partial charge in [0.15, 0.2) is 0 Å². The normalized spacial score (nSPS) is 13.6. The number of likely N-dealkylation sites (tertiary alicyclic amines) is 1. The van der Waals surface area contributed by atoms with Crippen LogP contribution in [0.2, 0.25) is 5.02 Å². The molecule has 0 unspecified atom stereocenters. The van der Waals surface area contributed by atoms with Gasteiger partial charge in [-0.15, -0.1) is 0 Å². The molecule has 1 saturated heterocycles. The van der Waals surface area contributed by atoms with Gasteiger partial charge in [-0.05, 0) is 49.1 Å². The first-order chi connectivity index (χ1) is 14.5. The topological polar surface area (TPSA) is 77.2 Å². The molecule has 1 fully saturated rings. The highest BCUT2D eigenvalue weighted by Gasteiger charge is 2.26. The van der Waals surface area contributed by atoms with Gasteiger partial charge < -0.3 is 4.90 Å². The van der Waals surface area contributed by atoms with Crippen molar-refractivity contribution < 1.29 is 4.79 Å². The molecular weight excluding hydrogens is 404 g/mol. The molecule has 2 heterocycles. The maximum absolute atomic E-state index is 13.2. The lowest BCUT2D eigenvalue weighted by Gasteiger charge is -2.17. The van der Waals surface area contributed by atoms with Gasteiger partial charge in [0.25, 0.3) is 11.5 Å². The Bertz CT molecular complexity index is 1230. The summed E-state index contributed by atoms with van der Waals surface area (Å²) in [4.78, 5) is 41.0. The van der Waals surface area contributed by atoms with Gasteiger partial charge in [-0.3, -0.25) is 14.2 Å². The van der Waals surface area contributed by atoms with Crippen molar-refractivity contribution >= 4 is 17.5 Å². The first kappa shape index (κ1) is 20.1. The van der Waals surface area contributed by atoms with E-state index < -0.39 is 17.2 Å². The van der Waals surface area contributed by atoms with E-state index in [-0.39, 0.29) is 12.2 Å². The monoisotopic (exact) mass is 424 g/mol. The van der Waals surface area contributed by atoms with Crippen LogP contribution in [-0.4, -0.2) is 38.2 Å². The second kappa shape index (κ2) is 8.28. The summed E-state index contributed by atoms with van der Waals surface area (Å²) in [6, 6.07) is 14.2. The second-order valence-electron chi connectivity index (χ2n) is 7.36. The largest absolute Gasteiger partial charge is 0.352 e. The average molecular weight is 425 g/mol. The lowest BCUT2D eigenvalue weighted by molar-refractivity contribution is 0.0781. The Morgan fingerprint density at radius 2 is 1.80 bits per heavy atom. The number of carbonyl (C=O) groups excluding carboxylic acids is 1. The second-order valence-corrected chi connectivity index (χ2v) is 7.77. The first-order valence-corrected chi connectivity index (χ1v) is 10.2. The maximum Gasteiger partial charge on any atom is 0.352 e.